The summed E-state index contributed by atoms with van der Waals surface area (Å²) in [4.78, 5) is 15.5. The van der Waals surface area contributed by atoms with Crippen LogP contribution in [0.15, 0.2) is 0 Å². The van der Waals surface area contributed by atoms with Crippen LogP contribution >= 0.6 is 11.6 Å². The Morgan fingerprint density at radius 1 is 1.50 bits per heavy atom. The van der Waals surface area contributed by atoms with Crippen LogP contribution in [0.2, 0.25) is 0 Å². The largest absolute Gasteiger partial charge is 0.343 e. The van der Waals surface area contributed by atoms with E-state index < -0.39 is 5.38 Å². The van der Waals surface area contributed by atoms with Crippen LogP contribution in [-0.4, -0.2) is 54.3 Å². The fraction of sp³-hybridized carbons (Fsp3) is 0.900. The fourth-order valence-electron chi connectivity index (χ4n) is 1.71. The molecular formula is C10H19ClN2O. The van der Waals surface area contributed by atoms with E-state index in [2.05, 4.69) is 4.90 Å². The summed E-state index contributed by atoms with van der Waals surface area (Å²) in [5.41, 5.74) is 0. The van der Waals surface area contributed by atoms with Gasteiger partial charge in [-0.25, -0.2) is 0 Å². The molecule has 3 nitrogen and oxygen atoms in total. The average Bonchev–Trinajstić information content (AvgIpc) is 2.65. The normalized spacial score (nSPS) is 19.6. The minimum atomic E-state index is -0.404. The van der Waals surface area contributed by atoms with E-state index in [0.29, 0.717) is 0 Å². The third kappa shape index (κ3) is 3.46. The van der Waals surface area contributed by atoms with Crippen LogP contribution in [0.25, 0.3) is 0 Å². The standard InChI is InChI=1S/C10H19ClN2O/c1-9(11)10(14)12(2)7-8-13-5-3-4-6-13/h9H,3-8H2,1-2H3. The quantitative estimate of drug-likeness (QED) is 0.662. The van der Waals surface area contributed by atoms with Gasteiger partial charge in [-0.15, -0.1) is 11.6 Å². The van der Waals surface area contributed by atoms with Gasteiger partial charge < -0.3 is 9.80 Å². The summed E-state index contributed by atoms with van der Waals surface area (Å²) in [6.07, 6.45) is 2.59. The van der Waals surface area contributed by atoms with Crippen molar-refractivity contribution in [1.82, 2.24) is 9.80 Å². The third-order valence-corrected chi connectivity index (χ3v) is 2.85. The molecule has 0 radical (unpaired) electrons. The molecule has 4 heteroatoms. The van der Waals surface area contributed by atoms with Gasteiger partial charge in [0.2, 0.25) is 5.91 Å². The zero-order valence-corrected chi connectivity index (χ0v) is 9.76. The molecule has 1 heterocycles. The van der Waals surface area contributed by atoms with Crippen molar-refractivity contribution in [2.45, 2.75) is 25.1 Å². The molecule has 1 fully saturated rings. The van der Waals surface area contributed by atoms with Gasteiger partial charge in [0.1, 0.15) is 5.38 Å². The highest BCUT2D eigenvalue weighted by molar-refractivity contribution is 6.30. The van der Waals surface area contributed by atoms with E-state index in [4.69, 9.17) is 11.6 Å². The van der Waals surface area contributed by atoms with E-state index in [0.717, 1.165) is 13.1 Å². The number of carbonyl (C=O) groups excluding carboxylic acids is 1. The lowest BCUT2D eigenvalue weighted by atomic mass is 10.4. The summed E-state index contributed by atoms with van der Waals surface area (Å²) in [7, 11) is 1.82. The SMILES string of the molecule is CC(Cl)C(=O)N(C)CCN1CCCC1. The highest BCUT2D eigenvalue weighted by Gasteiger charge is 2.16. The molecule has 14 heavy (non-hydrogen) atoms. The Morgan fingerprint density at radius 2 is 2.07 bits per heavy atom. The molecular weight excluding hydrogens is 200 g/mol. The minimum Gasteiger partial charge on any atom is -0.343 e. The van der Waals surface area contributed by atoms with Crippen molar-refractivity contribution in [3.8, 4) is 0 Å². The van der Waals surface area contributed by atoms with Crippen LogP contribution in [-0.2, 0) is 4.79 Å². The van der Waals surface area contributed by atoms with Crippen molar-refractivity contribution >= 4 is 17.5 Å². The van der Waals surface area contributed by atoms with E-state index in [9.17, 15) is 4.79 Å². The Hall–Kier alpha value is -0.280. The Kier molecular flexibility index (Phi) is 4.69. The molecule has 0 aliphatic carbocycles. The van der Waals surface area contributed by atoms with E-state index in [-0.39, 0.29) is 5.91 Å². The maximum Gasteiger partial charge on any atom is 0.240 e. The van der Waals surface area contributed by atoms with Gasteiger partial charge in [0, 0.05) is 20.1 Å². The minimum absolute atomic E-state index is 0.0193. The second-order valence-electron chi connectivity index (χ2n) is 3.92. The number of carbonyl (C=O) groups is 1. The molecule has 0 aromatic carbocycles. The van der Waals surface area contributed by atoms with Gasteiger partial charge in [-0.3, -0.25) is 4.79 Å². The number of alkyl halides is 1. The Labute approximate surface area is 91.0 Å². The van der Waals surface area contributed by atoms with E-state index in [1.165, 1.54) is 25.9 Å². The average molecular weight is 219 g/mol. The third-order valence-electron chi connectivity index (χ3n) is 2.67. The first-order valence-corrected chi connectivity index (χ1v) is 5.66. The second kappa shape index (κ2) is 5.56. The van der Waals surface area contributed by atoms with Crippen molar-refractivity contribution < 1.29 is 4.79 Å². The maximum atomic E-state index is 11.4. The first-order chi connectivity index (χ1) is 6.61. The van der Waals surface area contributed by atoms with Gasteiger partial charge in [-0.1, -0.05) is 0 Å². The lowest BCUT2D eigenvalue weighted by molar-refractivity contribution is -0.129. The van der Waals surface area contributed by atoms with Crippen molar-refractivity contribution in [2.75, 3.05) is 33.2 Å². The van der Waals surface area contributed by atoms with Crippen LogP contribution in [0, 0.1) is 0 Å². The van der Waals surface area contributed by atoms with E-state index in [1.807, 2.05) is 7.05 Å². The number of likely N-dealkylation sites (tertiary alicyclic amines) is 1. The molecule has 1 unspecified atom stereocenters. The molecule has 1 atom stereocenters. The molecule has 0 aromatic rings. The number of amides is 1. The zero-order chi connectivity index (χ0) is 10.6. The molecule has 1 aliphatic heterocycles. The van der Waals surface area contributed by atoms with Crippen molar-refractivity contribution in [3.63, 3.8) is 0 Å². The van der Waals surface area contributed by atoms with Crippen LogP contribution in [0.4, 0.5) is 0 Å². The summed E-state index contributed by atoms with van der Waals surface area (Å²) in [5.74, 6) is 0.0193. The topological polar surface area (TPSA) is 23.6 Å². The van der Waals surface area contributed by atoms with Gasteiger partial charge >= 0.3 is 0 Å². The van der Waals surface area contributed by atoms with Crippen LogP contribution < -0.4 is 0 Å². The molecule has 1 aliphatic rings. The van der Waals surface area contributed by atoms with Crippen molar-refractivity contribution in [2.24, 2.45) is 0 Å². The molecule has 0 N–H and O–H groups in total. The molecule has 0 saturated carbocycles. The van der Waals surface area contributed by atoms with Crippen LogP contribution in [0.1, 0.15) is 19.8 Å². The predicted octanol–water partition coefficient (Wildman–Crippen LogP) is 1.17. The predicted molar refractivity (Wildman–Crippen MR) is 58.6 cm³/mol. The molecule has 0 bridgehead atoms. The smallest absolute Gasteiger partial charge is 0.240 e. The van der Waals surface area contributed by atoms with Crippen LogP contribution in [0.3, 0.4) is 0 Å². The highest BCUT2D eigenvalue weighted by atomic mass is 35.5. The summed E-state index contributed by atoms with van der Waals surface area (Å²) in [6.45, 7) is 5.84. The summed E-state index contributed by atoms with van der Waals surface area (Å²) >= 11 is 5.71. The van der Waals surface area contributed by atoms with Crippen LogP contribution in [0.5, 0.6) is 0 Å². The number of hydrogen-bond donors (Lipinski definition) is 0. The molecule has 1 amide bonds. The first-order valence-electron chi connectivity index (χ1n) is 5.22. The number of likely N-dealkylation sites (N-methyl/N-ethyl adjacent to an activating group) is 1. The van der Waals surface area contributed by atoms with Gasteiger partial charge in [0.15, 0.2) is 0 Å². The van der Waals surface area contributed by atoms with Gasteiger partial charge in [0.05, 0.1) is 0 Å². The van der Waals surface area contributed by atoms with Crippen molar-refractivity contribution in [3.05, 3.63) is 0 Å². The Morgan fingerprint density at radius 3 is 2.57 bits per heavy atom. The number of halogens is 1. The summed E-state index contributed by atoms with van der Waals surface area (Å²) in [6, 6.07) is 0. The lowest BCUT2D eigenvalue weighted by Crippen LogP contribution is -2.38. The number of nitrogens with zero attached hydrogens (tertiary/aromatic N) is 2. The fourth-order valence-corrected chi connectivity index (χ4v) is 1.88. The number of rotatable bonds is 4. The Balaban J connectivity index is 2.19. The second-order valence-corrected chi connectivity index (χ2v) is 4.58. The monoisotopic (exact) mass is 218 g/mol. The maximum absolute atomic E-state index is 11.4. The van der Waals surface area contributed by atoms with Crippen molar-refractivity contribution in [1.29, 1.82) is 0 Å². The van der Waals surface area contributed by atoms with E-state index >= 15 is 0 Å². The first kappa shape index (κ1) is 11.8. The van der Waals surface area contributed by atoms with E-state index in [1.54, 1.807) is 11.8 Å². The zero-order valence-electron chi connectivity index (χ0n) is 9.00. The molecule has 0 spiro atoms. The molecule has 82 valence electrons. The Bertz CT molecular complexity index is 191. The molecule has 1 rings (SSSR count). The van der Waals surface area contributed by atoms with Gasteiger partial charge in [-0.2, -0.15) is 0 Å². The lowest BCUT2D eigenvalue weighted by Gasteiger charge is -2.22. The number of hydrogen-bond acceptors (Lipinski definition) is 2. The summed E-state index contributed by atoms with van der Waals surface area (Å²) < 4.78 is 0. The molecule has 1 saturated heterocycles. The van der Waals surface area contributed by atoms with Gasteiger partial charge in [0.25, 0.3) is 0 Å². The summed E-state index contributed by atoms with van der Waals surface area (Å²) in [5, 5.41) is -0.404. The molecule has 0 aromatic heterocycles. The van der Waals surface area contributed by atoms with Gasteiger partial charge in [-0.05, 0) is 32.9 Å². The highest BCUT2D eigenvalue weighted by Crippen LogP contribution is 2.07.